The lowest BCUT2D eigenvalue weighted by Gasteiger charge is -2.10. The average Bonchev–Trinajstić information content (AvgIpc) is 2.44. The third-order valence-corrected chi connectivity index (χ3v) is 4.14. The van der Waals surface area contributed by atoms with E-state index in [-0.39, 0.29) is 10.6 Å². The molecule has 0 atom stereocenters. The van der Waals surface area contributed by atoms with Crippen LogP contribution in [-0.4, -0.2) is 12.9 Å². The first-order valence-electron chi connectivity index (χ1n) is 5.78. The van der Waals surface area contributed by atoms with Gasteiger partial charge in [0, 0.05) is 4.47 Å². The van der Waals surface area contributed by atoms with Gasteiger partial charge in [-0.3, -0.25) is 4.79 Å². The van der Waals surface area contributed by atoms with Crippen molar-refractivity contribution in [2.45, 2.75) is 6.92 Å². The zero-order chi connectivity index (χ0) is 14.9. The topological polar surface area (TPSA) is 26.3 Å². The first kappa shape index (κ1) is 15.0. The van der Waals surface area contributed by atoms with Gasteiger partial charge in [0.15, 0.2) is 11.6 Å². The summed E-state index contributed by atoms with van der Waals surface area (Å²) in [7, 11) is 1.46. The van der Waals surface area contributed by atoms with Crippen molar-refractivity contribution in [3.63, 3.8) is 0 Å². The Hall–Kier alpha value is -1.39. The van der Waals surface area contributed by atoms with E-state index in [0.717, 1.165) is 5.56 Å². The van der Waals surface area contributed by atoms with E-state index in [1.165, 1.54) is 13.2 Å². The fourth-order valence-corrected chi connectivity index (χ4v) is 2.32. The van der Waals surface area contributed by atoms with Crippen molar-refractivity contribution in [3.8, 4) is 5.75 Å². The summed E-state index contributed by atoms with van der Waals surface area (Å²) in [6, 6.07) is 8.11. The minimum Gasteiger partial charge on any atom is -0.496 e. The van der Waals surface area contributed by atoms with Crippen molar-refractivity contribution in [2.75, 3.05) is 7.11 Å². The quantitative estimate of drug-likeness (QED) is 0.583. The summed E-state index contributed by atoms with van der Waals surface area (Å²) in [6.07, 6.45) is 0. The molecule has 104 valence electrons. The molecule has 0 radical (unpaired) electrons. The number of carbonyl (C=O) groups excluding carboxylic acids is 1. The van der Waals surface area contributed by atoms with Crippen LogP contribution in [0.5, 0.6) is 5.75 Å². The Balaban J connectivity index is 2.57. The Morgan fingerprint density at radius 2 is 1.95 bits per heavy atom. The number of carbonyl (C=O) groups is 1. The van der Waals surface area contributed by atoms with E-state index in [4.69, 9.17) is 16.3 Å². The van der Waals surface area contributed by atoms with Crippen molar-refractivity contribution in [2.24, 2.45) is 0 Å². The molecule has 0 saturated carbocycles. The monoisotopic (exact) mass is 356 g/mol. The lowest BCUT2D eigenvalue weighted by molar-refractivity contribution is 0.103. The molecule has 5 heteroatoms. The van der Waals surface area contributed by atoms with Crippen molar-refractivity contribution in [1.82, 2.24) is 0 Å². The maximum absolute atomic E-state index is 14.1. The van der Waals surface area contributed by atoms with E-state index in [9.17, 15) is 9.18 Å². The van der Waals surface area contributed by atoms with Crippen molar-refractivity contribution in [3.05, 3.63) is 62.3 Å². The molecular weight excluding hydrogens is 347 g/mol. The first-order valence-corrected chi connectivity index (χ1v) is 6.95. The first-order chi connectivity index (χ1) is 9.45. The highest BCUT2D eigenvalue weighted by Crippen LogP contribution is 2.30. The molecule has 0 aromatic heterocycles. The molecule has 0 bridgehead atoms. The predicted molar refractivity (Wildman–Crippen MR) is 80.3 cm³/mol. The van der Waals surface area contributed by atoms with Gasteiger partial charge in [0.1, 0.15) is 5.75 Å². The number of ketones is 1. The normalized spacial score (nSPS) is 10.4. The van der Waals surface area contributed by atoms with Crippen LogP contribution >= 0.6 is 27.5 Å². The highest BCUT2D eigenvalue weighted by atomic mass is 79.9. The highest BCUT2D eigenvalue weighted by molar-refractivity contribution is 9.10. The summed E-state index contributed by atoms with van der Waals surface area (Å²) in [4.78, 5) is 12.5. The fourth-order valence-electron chi connectivity index (χ4n) is 1.85. The van der Waals surface area contributed by atoms with Crippen LogP contribution in [0.25, 0.3) is 0 Å². The molecule has 0 spiro atoms. The van der Waals surface area contributed by atoms with Gasteiger partial charge >= 0.3 is 0 Å². The summed E-state index contributed by atoms with van der Waals surface area (Å²) in [5.41, 5.74) is 1.12. The Morgan fingerprint density at radius 1 is 1.25 bits per heavy atom. The van der Waals surface area contributed by atoms with E-state index < -0.39 is 11.6 Å². The minimum atomic E-state index is -0.741. The average molecular weight is 358 g/mol. The minimum absolute atomic E-state index is 0.0814. The maximum Gasteiger partial charge on any atom is 0.199 e. The number of aryl methyl sites for hydroxylation is 1. The van der Waals surface area contributed by atoms with Crippen LogP contribution < -0.4 is 4.74 Å². The summed E-state index contributed by atoms with van der Waals surface area (Å²) >= 11 is 8.93. The van der Waals surface area contributed by atoms with Gasteiger partial charge in [-0.1, -0.05) is 23.2 Å². The Morgan fingerprint density at radius 3 is 2.60 bits per heavy atom. The van der Waals surface area contributed by atoms with Crippen molar-refractivity contribution in [1.29, 1.82) is 0 Å². The van der Waals surface area contributed by atoms with Crippen LogP contribution in [-0.2, 0) is 0 Å². The summed E-state index contributed by atoms with van der Waals surface area (Å²) in [5, 5.41) is -0.109. The lowest BCUT2D eigenvalue weighted by atomic mass is 10.00. The molecule has 0 N–H and O–H groups in total. The van der Waals surface area contributed by atoms with Gasteiger partial charge in [-0.25, -0.2) is 4.39 Å². The molecule has 0 fully saturated rings. The van der Waals surface area contributed by atoms with Crippen LogP contribution in [0, 0.1) is 12.7 Å². The maximum atomic E-state index is 14.1. The Labute approximate surface area is 129 Å². The van der Waals surface area contributed by atoms with Crippen LogP contribution in [0.15, 0.2) is 34.8 Å². The zero-order valence-electron chi connectivity index (χ0n) is 10.8. The third-order valence-electron chi connectivity index (χ3n) is 2.88. The lowest BCUT2D eigenvalue weighted by Crippen LogP contribution is -2.07. The Bertz CT molecular complexity index is 686. The molecule has 2 nitrogen and oxygen atoms in total. The van der Waals surface area contributed by atoms with Crippen LogP contribution in [0.2, 0.25) is 5.02 Å². The van der Waals surface area contributed by atoms with E-state index in [2.05, 4.69) is 15.9 Å². The molecule has 0 aliphatic carbocycles. The van der Waals surface area contributed by atoms with E-state index in [1.807, 2.05) is 13.0 Å². The molecule has 2 aromatic carbocycles. The largest absolute Gasteiger partial charge is 0.496 e. The zero-order valence-corrected chi connectivity index (χ0v) is 13.2. The van der Waals surface area contributed by atoms with Gasteiger partial charge in [-0.2, -0.15) is 0 Å². The highest BCUT2D eigenvalue weighted by Gasteiger charge is 2.21. The van der Waals surface area contributed by atoms with Gasteiger partial charge in [0.05, 0.1) is 23.3 Å². The molecule has 0 saturated heterocycles. The van der Waals surface area contributed by atoms with Crippen molar-refractivity contribution < 1.29 is 13.9 Å². The molecule has 2 aromatic rings. The van der Waals surface area contributed by atoms with E-state index in [1.54, 1.807) is 18.2 Å². The Kier molecular flexibility index (Phi) is 4.45. The van der Waals surface area contributed by atoms with Gasteiger partial charge in [0.2, 0.25) is 0 Å². The summed E-state index contributed by atoms with van der Waals surface area (Å²) in [6.45, 7) is 1.85. The number of halogens is 3. The van der Waals surface area contributed by atoms with Gasteiger partial charge in [0.25, 0.3) is 0 Å². The van der Waals surface area contributed by atoms with Gasteiger partial charge in [-0.15, -0.1) is 0 Å². The van der Waals surface area contributed by atoms with Crippen LogP contribution in [0.3, 0.4) is 0 Å². The molecule has 0 aliphatic heterocycles. The smallest absolute Gasteiger partial charge is 0.199 e. The van der Waals surface area contributed by atoms with E-state index >= 15 is 0 Å². The number of hydrogen-bond donors (Lipinski definition) is 0. The van der Waals surface area contributed by atoms with E-state index in [0.29, 0.717) is 15.8 Å². The molecule has 0 unspecified atom stereocenters. The van der Waals surface area contributed by atoms with Crippen molar-refractivity contribution >= 4 is 33.3 Å². The fraction of sp³-hybridized carbons (Fsp3) is 0.133. The number of rotatable bonds is 3. The molecule has 0 aliphatic rings. The third kappa shape index (κ3) is 2.72. The summed E-state index contributed by atoms with van der Waals surface area (Å²) < 4.78 is 19.7. The number of benzene rings is 2. The number of methoxy groups -OCH3 is 1. The standard InChI is InChI=1S/C15H11BrClFO2/c1-8-3-6-12(20-2)10(7-8)15(19)9-4-5-11(16)13(17)14(9)18/h3-7H,1-2H3. The second-order valence-corrected chi connectivity index (χ2v) is 5.49. The number of hydrogen-bond acceptors (Lipinski definition) is 2. The molecular formula is C15H11BrClFO2. The molecule has 2 rings (SSSR count). The second kappa shape index (κ2) is 5.94. The SMILES string of the molecule is COc1ccc(C)cc1C(=O)c1ccc(Br)c(Cl)c1F. The second-order valence-electron chi connectivity index (χ2n) is 4.26. The number of ether oxygens (including phenoxy) is 1. The molecule has 20 heavy (non-hydrogen) atoms. The predicted octanol–water partition coefficient (Wildman–Crippen LogP) is 4.79. The molecule has 0 heterocycles. The summed E-state index contributed by atoms with van der Waals surface area (Å²) in [5.74, 6) is -0.800. The van der Waals surface area contributed by atoms with Gasteiger partial charge in [-0.05, 0) is 47.1 Å². The van der Waals surface area contributed by atoms with Gasteiger partial charge < -0.3 is 4.74 Å². The van der Waals surface area contributed by atoms with Crippen LogP contribution in [0.1, 0.15) is 21.5 Å². The van der Waals surface area contributed by atoms with Crippen LogP contribution in [0.4, 0.5) is 4.39 Å². The molecule has 0 amide bonds.